The van der Waals surface area contributed by atoms with Crippen LogP contribution in [0, 0.1) is 0 Å². The van der Waals surface area contributed by atoms with Crippen molar-refractivity contribution in [1.29, 1.82) is 0 Å². The number of aromatic nitrogens is 2. The Labute approximate surface area is 113 Å². The molecule has 104 valence electrons. The van der Waals surface area contributed by atoms with Crippen molar-refractivity contribution >= 4 is 5.71 Å². The molecule has 2 rings (SSSR count). The van der Waals surface area contributed by atoms with Gasteiger partial charge in [0.2, 0.25) is 5.88 Å². The van der Waals surface area contributed by atoms with Gasteiger partial charge in [0.05, 0.1) is 0 Å². The lowest BCUT2D eigenvalue weighted by molar-refractivity contribution is 0.319. The lowest BCUT2D eigenvalue weighted by Crippen LogP contribution is -2.40. The van der Waals surface area contributed by atoms with Crippen LogP contribution in [-0.4, -0.2) is 25.2 Å². The maximum atomic E-state index is 12.1. The smallest absolute Gasteiger partial charge is 0.333 e. The second kappa shape index (κ2) is 5.04. The Bertz CT molecular complexity index is 788. The maximum Gasteiger partial charge on any atom is 0.333 e. The van der Waals surface area contributed by atoms with Gasteiger partial charge in [0.25, 0.3) is 5.56 Å². The Balaban J connectivity index is 2.83. The number of aromatic hydroxyl groups is 1. The predicted molar refractivity (Wildman–Crippen MR) is 72.5 cm³/mol. The summed E-state index contributed by atoms with van der Waals surface area (Å²) in [5.41, 5.74) is -1.28. The van der Waals surface area contributed by atoms with E-state index in [2.05, 4.69) is 5.16 Å². The van der Waals surface area contributed by atoms with Gasteiger partial charge >= 0.3 is 5.69 Å². The van der Waals surface area contributed by atoms with Gasteiger partial charge in [-0.25, -0.2) is 4.79 Å². The molecule has 1 aromatic carbocycles. The molecular weight excluding hydrogens is 262 g/mol. The molecular formula is C13H13N3O4. The van der Waals surface area contributed by atoms with Gasteiger partial charge in [0.15, 0.2) is 0 Å². The summed E-state index contributed by atoms with van der Waals surface area (Å²) >= 11 is 0. The van der Waals surface area contributed by atoms with Gasteiger partial charge in [-0.2, -0.15) is 0 Å². The molecule has 1 heterocycles. The first-order chi connectivity index (χ1) is 9.49. The Morgan fingerprint density at radius 3 is 2.25 bits per heavy atom. The summed E-state index contributed by atoms with van der Waals surface area (Å²) in [4.78, 5) is 23.8. The van der Waals surface area contributed by atoms with Gasteiger partial charge in [-0.05, 0) is 0 Å². The molecule has 0 atom stereocenters. The zero-order chi connectivity index (χ0) is 14.9. The predicted octanol–water partition coefficient (Wildman–Crippen LogP) is 0.0162. The van der Waals surface area contributed by atoms with Gasteiger partial charge in [-0.1, -0.05) is 35.5 Å². The van der Waals surface area contributed by atoms with E-state index in [9.17, 15) is 19.9 Å². The highest BCUT2D eigenvalue weighted by molar-refractivity contribution is 6.13. The molecule has 2 N–H and O–H groups in total. The number of rotatable bonds is 2. The topological polar surface area (TPSA) is 96.8 Å². The van der Waals surface area contributed by atoms with Crippen molar-refractivity contribution in [2.45, 2.75) is 0 Å². The lowest BCUT2D eigenvalue weighted by Gasteiger charge is -2.11. The third-order valence-electron chi connectivity index (χ3n) is 3.02. The van der Waals surface area contributed by atoms with Crippen molar-refractivity contribution in [2.24, 2.45) is 19.3 Å². The minimum absolute atomic E-state index is 0.0979. The van der Waals surface area contributed by atoms with E-state index in [0.29, 0.717) is 5.56 Å². The summed E-state index contributed by atoms with van der Waals surface area (Å²) in [6, 6.07) is 8.41. The van der Waals surface area contributed by atoms with Gasteiger partial charge in [-0.3, -0.25) is 13.9 Å². The Morgan fingerprint density at radius 2 is 1.70 bits per heavy atom. The van der Waals surface area contributed by atoms with Crippen molar-refractivity contribution in [3.05, 3.63) is 62.3 Å². The zero-order valence-electron chi connectivity index (χ0n) is 10.9. The van der Waals surface area contributed by atoms with E-state index in [1.807, 2.05) is 0 Å². The minimum atomic E-state index is -0.734. The van der Waals surface area contributed by atoms with Gasteiger partial charge < -0.3 is 10.3 Å². The van der Waals surface area contributed by atoms with E-state index in [1.54, 1.807) is 30.3 Å². The first kappa shape index (κ1) is 13.6. The van der Waals surface area contributed by atoms with Crippen LogP contribution in [-0.2, 0) is 14.1 Å². The lowest BCUT2D eigenvalue weighted by atomic mass is 10.0. The third-order valence-corrected chi connectivity index (χ3v) is 3.02. The van der Waals surface area contributed by atoms with Crippen molar-refractivity contribution in [1.82, 2.24) is 9.13 Å². The van der Waals surface area contributed by atoms with Crippen LogP contribution >= 0.6 is 0 Å². The first-order valence-corrected chi connectivity index (χ1v) is 5.75. The Hall–Kier alpha value is -2.83. The average Bonchev–Trinajstić information content (AvgIpc) is 2.48. The van der Waals surface area contributed by atoms with Crippen LogP contribution in [0.4, 0.5) is 0 Å². The van der Waals surface area contributed by atoms with Crippen molar-refractivity contribution in [2.75, 3.05) is 0 Å². The monoisotopic (exact) mass is 275 g/mol. The van der Waals surface area contributed by atoms with Gasteiger partial charge in [0, 0.05) is 19.7 Å². The highest BCUT2D eigenvalue weighted by Gasteiger charge is 2.21. The Morgan fingerprint density at radius 1 is 1.10 bits per heavy atom. The highest BCUT2D eigenvalue weighted by Crippen LogP contribution is 2.15. The van der Waals surface area contributed by atoms with Crippen LogP contribution in [0.5, 0.6) is 5.88 Å². The van der Waals surface area contributed by atoms with E-state index < -0.39 is 17.1 Å². The van der Waals surface area contributed by atoms with Crippen molar-refractivity contribution in [3.63, 3.8) is 0 Å². The van der Waals surface area contributed by atoms with E-state index in [0.717, 1.165) is 9.13 Å². The summed E-state index contributed by atoms with van der Waals surface area (Å²) < 4.78 is 1.74. The molecule has 0 amide bonds. The molecule has 0 radical (unpaired) electrons. The number of hydrogen-bond acceptors (Lipinski definition) is 5. The van der Waals surface area contributed by atoms with Crippen LogP contribution in [0.1, 0.15) is 11.1 Å². The molecule has 0 unspecified atom stereocenters. The first-order valence-electron chi connectivity index (χ1n) is 5.75. The third kappa shape index (κ3) is 1.99. The SMILES string of the molecule is Cn1c(O)c(/C(=N/O)c2ccccc2)c(=O)n(C)c1=O. The molecule has 0 aliphatic rings. The fourth-order valence-electron chi connectivity index (χ4n) is 1.89. The zero-order valence-corrected chi connectivity index (χ0v) is 10.9. The van der Waals surface area contributed by atoms with Crippen LogP contribution in [0.3, 0.4) is 0 Å². The van der Waals surface area contributed by atoms with Crippen LogP contribution < -0.4 is 11.2 Å². The van der Waals surface area contributed by atoms with Gasteiger partial charge in [-0.15, -0.1) is 0 Å². The normalized spacial score (nSPS) is 11.6. The molecule has 0 saturated carbocycles. The molecule has 0 saturated heterocycles. The van der Waals surface area contributed by atoms with Crippen LogP contribution in [0.25, 0.3) is 0 Å². The van der Waals surface area contributed by atoms with Crippen molar-refractivity contribution < 1.29 is 10.3 Å². The highest BCUT2D eigenvalue weighted by atomic mass is 16.4. The van der Waals surface area contributed by atoms with E-state index in [4.69, 9.17) is 0 Å². The molecule has 0 bridgehead atoms. The summed E-state index contributed by atoms with van der Waals surface area (Å²) in [7, 11) is 2.61. The number of oxime groups is 1. The van der Waals surface area contributed by atoms with E-state index in [1.165, 1.54) is 14.1 Å². The second-order valence-corrected chi connectivity index (χ2v) is 4.22. The fraction of sp³-hybridized carbons (Fsp3) is 0.154. The molecule has 0 spiro atoms. The van der Waals surface area contributed by atoms with E-state index >= 15 is 0 Å². The fourth-order valence-corrected chi connectivity index (χ4v) is 1.89. The van der Waals surface area contributed by atoms with Crippen molar-refractivity contribution in [3.8, 4) is 5.88 Å². The Kier molecular flexibility index (Phi) is 3.43. The average molecular weight is 275 g/mol. The largest absolute Gasteiger partial charge is 0.494 e. The summed E-state index contributed by atoms with van der Waals surface area (Å²) in [6.07, 6.45) is 0. The van der Waals surface area contributed by atoms with Crippen LogP contribution in [0.2, 0.25) is 0 Å². The number of benzene rings is 1. The molecule has 0 aliphatic carbocycles. The minimum Gasteiger partial charge on any atom is -0.494 e. The quantitative estimate of drug-likeness (QED) is 0.458. The standard InChI is InChI=1S/C13H13N3O4/c1-15-11(17)9(12(18)16(2)13(15)19)10(14-20)8-6-4-3-5-7-8/h3-7,17,20H,1-2H3/b14-10+. The molecule has 20 heavy (non-hydrogen) atoms. The van der Waals surface area contributed by atoms with Gasteiger partial charge in [0.1, 0.15) is 11.3 Å². The second-order valence-electron chi connectivity index (χ2n) is 4.22. The summed E-state index contributed by atoms with van der Waals surface area (Å²) in [5.74, 6) is -0.547. The molecule has 0 aliphatic heterocycles. The summed E-state index contributed by atoms with van der Waals surface area (Å²) in [5, 5.41) is 22.3. The number of hydrogen-bond donors (Lipinski definition) is 2. The molecule has 1 aromatic heterocycles. The molecule has 2 aromatic rings. The molecule has 7 heteroatoms. The van der Waals surface area contributed by atoms with Crippen LogP contribution in [0.15, 0.2) is 45.1 Å². The summed E-state index contributed by atoms with van der Waals surface area (Å²) in [6.45, 7) is 0. The number of nitrogens with zero attached hydrogens (tertiary/aromatic N) is 3. The molecule has 7 nitrogen and oxygen atoms in total. The maximum absolute atomic E-state index is 12.1. The molecule has 0 fully saturated rings. The van der Waals surface area contributed by atoms with E-state index in [-0.39, 0.29) is 11.3 Å².